The first-order valence-corrected chi connectivity index (χ1v) is 12.5. The smallest absolute Gasteiger partial charge is 0.394 e. The van der Waals surface area contributed by atoms with Crippen molar-refractivity contribution in [1.29, 1.82) is 5.26 Å². The van der Waals surface area contributed by atoms with Gasteiger partial charge in [-0.15, -0.1) is 0 Å². The average Bonchev–Trinajstić information content (AvgIpc) is 3.26. The van der Waals surface area contributed by atoms with Gasteiger partial charge in [0.25, 0.3) is 0 Å². The van der Waals surface area contributed by atoms with Crippen molar-refractivity contribution in [3.63, 3.8) is 0 Å². The molecule has 198 valence electrons. The Bertz CT molecular complexity index is 1110. The molecule has 2 unspecified atom stereocenters. The monoisotopic (exact) mass is 541 g/mol. The number of methoxy groups -OCH3 is 1. The minimum atomic E-state index is -2.30. The highest BCUT2D eigenvalue weighted by Crippen LogP contribution is 2.39. The first-order chi connectivity index (χ1) is 17.0. The van der Waals surface area contributed by atoms with Gasteiger partial charge in [0.05, 0.1) is 11.6 Å². The number of benzene rings is 1. The Morgan fingerprint density at radius 1 is 1.19 bits per heavy atom. The van der Waals surface area contributed by atoms with E-state index in [0.29, 0.717) is 34.9 Å². The van der Waals surface area contributed by atoms with Gasteiger partial charge in [-0.1, -0.05) is 37.6 Å². The lowest BCUT2D eigenvalue weighted by atomic mass is 9.99. The fourth-order valence-corrected chi connectivity index (χ4v) is 3.61. The van der Waals surface area contributed by atoms with E-state index in [1.54, 1.807) is 28.8 Å². The largest absolute Gasteiger partial charge is 0.425 e. The van der Waals surface area contributed by atoms with Crippen LogP contribution in [-0.4, -0.2) is 54.8 Å². The number of halogens is 1. The van der Waals surface area contributed by atoms with Crippen LogP contribution < -0.4 is 10.3 Å². The van der Waals surface area contributed by atoms with E-state index in [1.165, 1.54) is 27.3 Å². The summed E-state index contributed by atoms with van der Waals surface area (Å²) in [5, 5.41) is 30.3. The Hall–Kier alpha value is -2.55. The molecule has 0 spiro atoms. The van der Waals surface area contributed by atoms with Crippen LogP contribution in [0.25, 0.3) is 5.52 Å². The van der Waals surface area contributed by atoms with Gasteiger partial charge < -0.3 is 30.1 Å². The van der Waals surface area contributed by atoms with Gasteiger partial charge in [0, 0.05) is 12.8 Å². The van der Waals surface area contributed by atoms with E-state index in [-0.39, 0.29) is 6.61 Å². The number of aromatic nitrogens is 3. The molecule has 36 heavy (non-hydrogen) atoms. The average molecular weight is 542 g/mol. The van der Waals surface area contributed by atoms with Gasteiger partial charge in [-0.05, 0) is 51.0 Å². The summed E-state index contributed by atoms with van der Waals surface area (Å²) in [6, 6.07) is 12.5. The second-order valence-corrected chi connectivity index (χ2v) is 8.93. The van der Waals surface area contributed by atoms with E-state index in [1.807, 2.05) is 26.0 Å². The number of nitrogens with two attached hydrogens (primary N) is 1. The third-order valence-corrected chi connectivity index (χ3v) is 5.38. The predicted molar refractivity (Wildman–Crippen MR) is 138 cm³/mol. The number of hydrogen-bond donors (Lipinski definition) is 4. The molecule has 3 rings (SSSR count). The minimum absolute atomic E-state index is 0.187. The normalized spacial score (nSPS) is 13.3. The van der Waals surface area contributed by atoms with Crippen LogP contribution in [0.15, 0.2) is 42.7 Å². The Labute approximate surface area is 217 Å². The lowest BCUT2D eigenvalue weighted by Crippen LogP contribution is -2.35. The zero-order chi connectivity index (χ0) is 27.4. The van der Waals surface area contributed by atoms with Gasteiger partial charge in [0.15, 0.2) is 17.2 Å². The van der Waals surface area contributed by atoms with Gasteiger partial charge in [-0.3, -0.25) is 4.52 Å². The number of aryl methyl sites for hydroxylation is 1. The number of aliphatic hydroxyl groups is 2. The summed E-state index contributed by atoms with van der Waals surface area (Å²) in [7, 11) is -0.881. The van der Waals surface area contributed by atoms with Crippen molar-refractivity contribution in [3.8, 4) is 11.8 Å². The first kappa shape index (κ1) is 31.5. The predicted octanol–water partition coefficient (Wildman–Crippen LogP) is 3.85. The van der Waals surface area contributed by atoms with Crippen LogP contribution in [0.5, 0.6) is 5.75 Å². The van der Waals surface area contributed by atoms with Crippen LogP contribution in [0.3, 0.4) is 0 Å². The van der Waals surface area contributed by atoms with Crippen LogP contribution in [0.2, 0.25) is 5.02 Å². The molecule has 0 aliphatic rings. The number of nitriles is 1. The van der Waals surface area contributed by atoms with Crippen molar-refractivity contribution in [2.45, 2.75) is 51.9 Å². The lowest BCUT2D eigenvalue weighted by molar-refractivity contribution is -0.127. The van der Waals surface area contributed by atoms with Crippen molar-refractivity contribution in [1.82, 2.24) is 14.6 Å². The van der Waals surface area contributed by atoms with E-state index >= 15 is 0 Å². The summed E-state index contributed by atoms with van der Waals surface area (Å²) in [5.41, 5.74) is 6.08. The zero-order valence-electron chi connectivity index (χ0n) is 20.9. The summed E-state index contributed by atoms with van der Waals surface area (Å²) in [5.74, 6) is -0.838. The van der Waals surface area contributed by atoms with Crippen LogP contribution in [0.4, 0.5) is 5.82 Å². The third-order valence-electron chi connectivity index (χ3n) is 4.36. The molecule has 11 nitrogen and oxygen atoms in total. The number of fused-ring (bicyclic) bond motifs is 1. The Kier molecular flexibility index (Phi) is 13.0. The molecule has 0 saturated heterocycles. The molecule has 0 aliphatic carbocycles. The van der Waals surface area contributed by atoms with Crippen molar-refractivity contribution >= 4 is 31.5 Å². The van der Waals surface area contributed by atoms with Crippen molar-refractivity contribution in [3.05, 3.63) is 53.4 Å². The highest BCUT2D eigenvalue weighted by molar-refractivity contribution is 7.41. The summed E-state index contributed by atoms with van der Waals surface area (Å²) in [6.07, 6.45) is 2.13. The van der Waals surface area contributed by atoms with Crippen molar-refractivity contribution in [2.75, 3.05) is 19.5 Å². The van der Waals surface area contributed by atoms with Gasteiger partial charge in [-0.25, -0.2) is 9.50 Å². The summed E-state index contributed by atoms with van der Waals surface area (Å²) in [4.78, 5) is 14.0. The Balaban J connectivity index is 0.000000826. The number of nitrogen functional groups attached to an aromatic ring is 1. The second kappa shape index (κ2) is 14.9. The molecule has 2 aromatic heterocycles. The van der Waals surface area contributed by atoms with Gasteiger partial charge in [0.2, 0.25) is 0 Å². The Morgan fingerprint density at radius 2 is 1.83 bits per heavy atom. The molecule has 0 saturated carbocycles. The SMILES string of the molecule is CC.CC(C)(O)O.COC(C#N)(CCc1ccc2c(N)ncnn12)COP(O)Oc1ccccc1Cl. The number of ether oxygens (including phenoxy) is 1. The molecule has 0 radical (unpaired) electrons. The molecule has 2 atom stereocenters. The molecule has 0 amide bonds. The van der Waals surface area contributed by atoms with E-state index in [0.717, 1.165) is 5.69 Å². The fourth-order valence-electron chi connectivity index (χ4n) is 2.68. The van der Waals surface area contributed by atoms with Crippen molar-refractivity contribution in [2.24, 2.45) is 0 Å². The van der Waals surface area contributed by atoms with E-state index in [9.17, 15) is 10.2 Å². The standard InChI is InChI=1S/C18H19ClN5O4P.C3H8O2.C2H6/c1-26-18(10-20,11-27-29(25)28-16-5-3-2-4-14(16)19)9-8-13-6-7-15-17(21)22-12-23-24(13)15;1-3(2,4)5;1-2/h2-7,12,25H,8-9,11H2,1H3,(H2,21,22,23);4-5H,1-2H3;1-2H3. The van der Waals surface area contributed by atoms with Crippen LogP contribution in [0.1, 0.15) is 39.8 Å². The fraction of sp³-hybridized carbons (Fsp3) is 0.435. The molecule has 0 bridgehead atoms. The number of nitrogens with zero attached hydrogens (tertiary/aromatic N) is 4. The molecule has 1 aromatic carbocycles. The highest BCUT2D eigenvalue weighted by atomic mass is 35.5. The quantitative estimate of drug-likeness (QED) is 0.230. The van der Waals surface area contributed by atoms with E-state index in [2.05, 4.69) is 16.2 Å². The highest BCUT2D eigenvalue weighted by Gasteiger charge is 2.32. The Morgan fingerprint density at radius 3 is 2.42 bits per heavy atom. The second-order valence-electron chi connectivity index (χ2n) is 7.60. The number of rotatable bonds is 9. The van der Waals surface area contributed by atoms with Gasteiger partial charge >= 0.3 is 8.60 Å². The van der Waals surface area contributed by atoms with Crippen LogP contribution >= 0.6 is 20.2 Å². The summed E-state index contributed by atoms with van der Waals surface area (Å²) < 4.78 is 17.8. The number of hydrogen-bond acceptors (Lipinski definition) is 10. The molecule has 2 heterocycles. The maximum atomic E-state index is 10.1. The lowest BCUT2D eigenvalue weighted by Gasteiger charge is -2.25. The minimum Gasteiger partial charge on any atom is -0.425 e. The number of para-hydroxylation sites is 1. The van der Waals surface area contributed by atoms with Crippen LogP contribution in [0, 0.1) is 11.3 Å². The first-order valence-electron chi connectivity index (χ1n) is 11.0. The van der Waals surface area contributed by atoms with E-state index in [4.69, 9.17) is 41.3 Å². The maximum Gasteiger partial charge on any atom is 0.394 e. The molecule has 3 aromatic rings. The van der Waals surface area contributed by atoms with Gasteiger partial charge in [-0.2, -0.15) is 10.4 Å². The van der Waals surface area contributed by atoms with Crippen molar-refractivity contribution < 1.29 is 28.9 Å². The van der Waals surface area contributed by atoms with E-state index < -0.39 is 20.0 Å². The zero-order valence-corrected chi connectivity index (χ0v) is 22.6. The summed E-state index contributed by atoms with van der Waals surface area (Å²) in [6.45, 7) is 6.41. The van der Waals surface area contributed by atoms with Gasteiger partial charge in [0.1, 0.15) is 23.7 Å². The van der Waals surface area contributed by atoms with Crippen LogP contribution in [-0.2, 0) is 15.7 Å². The maximum absolute atomic E-state index is 10.1. The molecule has 0 aliphatic heterocycles. The number of anilines is 1. The summed E-state index contributed by atoms with van der Waals surface area (Å²) >= 11 is 6.00. The molecule has 13 heteroatoms. The molecule has 5 N–H and O–H groups in total. The third kappa shape index (κ3) is 10.2. The molecular formula is C23H33ClN5O6P. The topological polar surface area (TPSA) is 168 Å². The molecular weight excluding hydrogens is 509 g/mol. The molecule has 0 fully saturated rings.